The van der Waals surface area contributed by atoms with Crippen molar-refractivity contribution >= 4 is 24.1 Å². The van der Waals surface area contributed by atoms with E-state index >= 15 is 0 Å². The van der Waals surface area contributed by atoms with Gasteiger partial charge in [0, 0.05) is 17.7 Å². The van der Waals surface area contributed by atoms with E-state index in [1.165, 1.54) is 0 Å². The van der Waals surface area contributed by atoms with Crippen LogP contribution in [0, 0.1) is 0 Å². The first-order chi connectivity index (χ1) is 24.6. The van der Waals surface area contributed by atoms with E-state index < -0.39 is 24.1 Å². The number of hydrogen-bond donors (Lipinski definition) is 2. The molecule has 0 saturated carbocycles. The highest BCUT2D eigenvalue weighted by Crippen LogP contribution is 2.23. The van der Waals surface area contributed by atoms with Gasteiger partial charge in [0.25, 0.3) is 0 Å². The van der Waals surface area contributed by atoms with Crippen LogP contribution >= 0.6 is 0 Å². The number of esters is 2. The number of amides is 2. The van der Waals surface area contributed by atoms with Gasteiger partial charge in [0.05, 0.1) is 19.8 Å². The van der Waals surface area contributed by atoms with Crippen LogP contribution in [0.25, 0.3) is 22.3 Å². The van der Waals surface area contributed by atoms with Gasteiger partial charge < -0.3 is 34.3 Å². The molecule has 0 aliphatic rings. The van der Waals surface area contributed by atoms with Crippen molar-refractivity contribution in [3.8, 4) is 33.8 Å². The molecule has 4 rings (SSSR count). The highest BCUT2D eigenvalue weighted by molar-refractivity contribution is 5.87. The van der Waals surface area contributed by atoms with Crippen LogP contribution in [-0.4, -0.2) is 63.6 Å². The summed E-state index contributed by atoms with van der Waals surface area (Å²) in [4.78, 5) is 45.7. The van der Waals surface area contributed by atoms with Gasteiger partial charge in [-0.2, -0.15) is 0 Å². The predicted octanol–water partition coefficient (Wildman–Crippen LogP) is 7.14. The molecule has 51 heavy (non-hydrogen) atoms. The number of carbonyl (C=O) groups excluding carboxylic acids is 4. The average Bonchev–Trinajstić information content (AvgIpc) is 3.14. The second kappa shape index (κ2) is 21.7. The maximum absolute atomic E-state index is 11.8. The van der Waals surface area contributed by atoms with Crippen LogP contribution in [0.2, 0.25) is 0 Å². The Bertz CT molecular complexity index is 1720. The Morgan fingerprint density at radius 2 is 0.863 bits per heavy atom. The fourth-order valence-corrected chi connectivity index (χ4v) is 4.04. The molecule has 2 N–H and O–H groups in total. The van der Waals surface area contributed by atoms with Gasteiger partial charge in [0.15, 0.2) is 0 Å². The highest BCUT2D eigenvalue weighted by Gasteiger charge is 2.08. The molecule has 0 heterocycles. The minimum Gasteiger partial charge on any atom is -0.460 e. The van der Waals surface area contributed by atoms with Gasteiger partial charge in [0.1, 0.15) is 24.7 Å². The summed E-state index contributed by atoms with van der Waals surface area (Å²) in [7, 11) is 0. The third-order valence-corrected chi connectivity index (χ3v) is 6.62. The van der Waals surface area contributed by atoms with Crippen LogP contribution in [0.15, 0.2) is 133 Å². The summed E-state index contributed by atoms with van der Waals surface area (Å²) >= 11 is 0. The molecule has 0 saturated heterocycles. The lowest BCUT2D eigenvalue weighted by Gasteiger charge is -2.08. The summed E-state index contributed by atoms with van der Waals surface area (Å²) in [5.41, 5.74) is 4.93. The molecular weight excluding hydrogens is 652 g/mol. The number of nitrogens with one attached hydrogen (secondary N) is 2. The summed E-state index contributed by atoms with van der Waals surface area (Å²) in [6.07, 6.45) is -1.16. The monoisotopic (exact) mass is 694 g/mol. The molecule has 4 aromatic carbocycles. The third kappa shape index (κ3) is 15.3. The zero-order valence-electron chi connectivity index (χ0n) is 28.7. The predicted molar refractivity (Wildman–Crippen MR) is 194 cm³/mol. The third-order valence-electron chi connectivity index (χ3n) is 6.62. The maximum Gasteiger partial charge on any atom is 0.412 e. The van der Waals surface area contributed by atoms with E-state index in [0.717, 1.165) is 22.3 Å². The quantitative estimate of drug-likeness (QED) is 0.0756. The molecule has 0 aromatic heterocycles. The molecule has 11 heteroatoms. The van der Waals surface area contributed by atoms with Crippen LogP contribution in [-0.2, 0) is 23.8 Å². The molecule has 0 bridgehead atoms. The maximum atomic E-state index is 11.8. The Kier molecular flexibility index (Phi) is 16.7. The Labute approximate surface area is 297 Å². The fourth-order valence-electron chi connectivity index (χ4n) is 4.04. The Balaban J connectivity index is 0.000000277. The minimum absolute atomic E-state index is 0.0632. The van der Waals surface area contributed by atoms with Gasteiger partial charge >= 0.3 is 24.1 Å². The Morgan fingerprint density at radius 3 is 1.27 bits per heavy atom. The lowest BCUT2D eigenvalue weighted by Crippen LogP contribution is -2.30. The van der Waals surface area contributed by atoms with E-state index in [0.29, 0.717) is 22.6 Å². The molecule has 0 aliphatic carbocycles. The molecule has 0 spiro atoms. The van der Waals surface area contributed by atoms with Gasteiger partial charge in [0.2, 0.25) is 0 Å². The molecule has 0 radical (unpaired) electrons. The van der Waals surface area contributed by atoms with Crippen LogP contribution < -0.4 is 20.1 Å². The van der Waals surface area contributed by atoms with E-state index in [1.54, 1.807) is 38.1 Å². The molecule has 2 amide bonds. The first-order valence-electron chi connectivity index (χ1n) is 16.1. The standard InChI is InChI=1S/C21H23NO5.C19H19NO4/c1-16(2)20(23)26-15-14-25-13-12-22-21(24)27-19-10-8-18(9-11-19)17-6-4-3-5-7-17;1-14(2)18(21)23-13-12-20-19(22)24-17-10-8-16(9-11-17)15-6-4-3-5-7-15/h3-11H,1,12-15H2,2H3,(H,22,24);3-11H,1,12-13H2,2H3,(H,20,22). The van der Waals surface area contributed by atoms with Crippen molar-refractivity contribution in [3.05, 3.63) is 133 Å². The van der Waals surface area contributed by atoms with E-state index in [1.807, 2.05) is 84.9 Å². The average molecular weight is 695 g/mol. The van der Waals surface area contributed by atoms with Gasteiger partial charge in [-0.15, -0.1) is 0 Å². The molecule has 11 nitrogen and oxygen atoms in total. The van der Waals surface area contributed by atoms with E-state index in [2.05, 4.69) is 23.8 Å². The first kappa shape index (κ1) is 39.2. The number of hydrogen-bond acceptors (Lipinski definition) is 9. The van der Waals surface area contributed by atoms with Crippen molar-refractivity contribution in [2.24, 2.45) is 0 Å². The van der Waals surface area contributed by atoms with Crippen LogP contribution in [0.5, 0.6) is 11.5 Å². The molecule has 4 aromatic rings. The van der Waals surface area contributed by atoms with Crippen molar-refractivity contribution in [2.45, 2.75) is 13.8 Å². The van der Waals surface area contributed by atoms with E-state index in [4.69, 9.17) is 23.7 Å². The number of rotatable bonds is 15. The Morgan fingerprint density at radius 1 is 0.490 bits per heavy atom. The number of benzene rings is 4. The summed E-state index contributed by atoms with van der Waals surface area (Å²) in [6.45, 7) is 11.3. The topological polar surface area (TPSA) is 138 Å². The van der Waals surface area contributed by atoms with Crippen molar-refractivity contribution in [2.75, 3.05) is 39.5 Å². The van der Waals surface area contributed by atoms with Crippen LogP contribution in [0.3, 0.4) is 0 Å². The lowest BCUT2D eigenvalue weighted by molar-refractivity contribution is -0.140. The van der Waals surface area contributed by atoms with Crippen LogP contribution in [0.4, 0.5) is 9.59 Å². The number of ether oxygens (including phenoxy) is 5. The zero-order valence-corrected chi connectivity index (χ0v) is 28.7. The van der Waals surface area contributed by atoms with Crippen LogP contribution in [0.1, 0.15) is 13.8 Å². The highest BCUT2D eigenvalue weighted by atomic mass is 16.6. The van der Waals surface area contributed by atoms with Gasteiger partial charge in [-0.3, -0.25) is 0 Å². The molecule has 0 atom stereocenters. The molecular formula is C40H42N2O9. The first-order valence-corrected chi connectivity index (χ1v) is 16.1. The smallest absolute Gasteiger partial charge is 0.412 e. The normalized spacial score (nSPS) is 10.0. The summed E-state index contributed by atoms with van der Waals surface area (Å²) < 4.78 is 25.3. The largest absolute Gasteiger partial charge is 0.460 e. The van der Waals surface area contributed by atoms with Crippen molar-refractivity contribution in [3.63, 3.8) is 0 Å². The van der Waals surface area contributed by atoms with Gasteiger partial charge in [-0.25, -0.2) is 19.2 Å². The Hall–Kier alpha value is -6.20. The van der Waals surface area contributed by atoms with E-state index in [9.17, 15) is 19.2 Å². The second-order valence-electron chi connectivity index (χ2n) is 10.9. The number of carbonyl (C=O) groups is 4. The minimum atomic E-state index is -0.603. The molecule has 266 valence electrons. The zero-order chi connectivity index (χ0) is 36.8. The van der Waals surface area contributed by atoms with Crippen molar-refractivity contribution in [1.82, 2.24) is 10.6 Å². The summed E-state index contributed by atoms with van der Waals surface area (Å²) in [5, 5.41) is 5.09. The van der Waals surface area contributed by atoms with Gasteiger partial charge in [-0.05, 0) is 60.4 Å². The van der Waals surface area contributed by atoms with Crippen molar-refractivity contribution < 1.29 is 42.9 Å². The van der Waals surface area contributed by atoms with Gasteiger partial charge in [-0.1, -0.05) is 98.1 Å². The molecule has 0 unspecified atom stereocenters. The van der Waals surface area contributed by atoms with E-state index in [-0.39, 0.29) is 39.5 Å². The summed E-state index contributed by atoms with van der Waals surface area (Å²) in [5.74, 6) is -0.0360. The molecule has 0 aliphatic heterocycles. The van der Waals surface area contributed by atoms with Crippen molar-refractivity contribution in [1.29, 1.82) is 0 Å². The molecule has 0 fully saturated rings. The lowest BCUT2D eigenvalue weighted by atomic mass is 10.1. The summed E-state index contributed by atoms with van der Waals surface area (Å²) in [6, 6.07) is 34.3. The second-order valence-corrected chi connectivity index (χ2v) is 10.9. The fraction of sp³-hybridized carbons (Fsp3) is 0.200. The SMILES string of the molecule is C=C(C)C(=O)OCCNC(=O)Oc1ccc(-c2ccccc2)cc1.C=C(C)C(=O)OCCOCCNC(=O)Oc1ccc(-c2ccccc2)cc1.